The molecule has 0 spiro atoms. The number of benzene rings is 2. The van der Waals surface area contributed by atoms with E-state index >= 15 is 0 Å². The molecule has 3 aromatic rings. The van der Waals surface area contributed by atoms with Crippen molar-refractivity contribution in [3.63, 3.8) is 0 Å². The first kappa shape index (κ1) is 16.0. The zero-order chi connectivity index (χ0) is 17.1. The summed E-state index contributed by atoms with van der Waals surface area (Å²) >= 11 is 12.6. The number of aromatic nitrogens is 2. The van der Waals surface area contributed by atoms with Crippen molar-refractivity contribution < 1.29 is 0 Å². The Morgan fingerprint density at radius 1 is 0.667 bits per heavy atom. The molecule has 0 aliphatic rings. The minimum atomic E-state index is -0.0526. The molecule has 2 aromatic carbocycles. The van der Waals surface area contributed by atoms with Crippen molar-refractivity contribution in [3.05, 3.63) is 70.0 Å². The summed E-state index contributed by atoms with van der Waals surface area (Å²) in [6.45, 7) is 0. The molecule has 0 bridgehead atoms. The van der Waals surface area contributed by atoms with E-state index < -0.39 is 0 Å². The lowest BCUT2D eigenvalue weighted by molar-refractivity contribution is 1.14. The van der Waals surface area contributed by atoms with Crippen LogP contribution in [0.1, 0.15) is 11.4 Å². The number of nitrogens with zero attached hydrogens (tertiary/aromatic N) is 4. The van der Waals surface area contributed by atoms with Crippen LogP contribution >= 0.6 is 23.2 Å². The van der Waals surface area contributed by atoms with Gasteiger partial charge in [-0.1, -0.05) is 59.6 Å². The van der Waals surface area contributed by atoms with Crippen molar-refractivity contribution in [3.8, 4) is 34.7 Å². The maximum atomic E-state index is 9.24. The molecule has 0 fully saturated rings. The van der Waals surface area contributed by atoms with Crippen molar-refractivity contribution in [1.82, 2.24) is 9.97 Å². The Labute approximate surface area is 148 Å². The largest absolute Gasteiger partial charge is 0.232 e. The summed E-state index contributed by atoms with van der Waals surface area (Å²) in [4.78, 5) is 8.64. The van der Waals surface area contributed by atoms with Crippen LogP contribution < -0.4 is 0 Å². The first-order valence-electron chi connectivity index (χ1n) is 6.87. The fourth-order valence-electron chi connectivity index (χ4n) is 2.27. The molecule has 0 atom stereocenters. The summed E-state index contributed by atoms with van der Waals surface area (Å²) in [6, 6.07) is 18.0. The summed E-state index contributed by atoms with van der Waals surface area (Å²) in [5, 5.41) is 19.4. The highest BCUT2D eigenvalue weighted by molar-refractivity contribution is 6.34. The molecule has 0 saturated carbocycles. The summed E-state index contributed by atoms with van der Waals surface area (Å²) in [7, 11) is 0. The number of hydrogen-bond acceptors (Lipinski definition) is 4. The van der Waals surface area contributed by atoms with Gasteiger partial charge < -0.3 is 0 Å². The van der Waals surface area contributed by atoms with E-state index in [0.29, 0.717) is 32.6 Å². The van der Waals surface area contributed by atoms with E-state index in [-0.39, 0.29) is 11.4 Å². The van der Waals surface area contributed by atoms with E-state index in [9.17, 15) is 10.5 Å². The van der Waals surface area contributed by atoms with Gasteiger partial charge in [-0.05, 0) is 12.1 Å². The van der Waals surface area contributed by atoms with Gasteiger partial charge in [0.1, 0.15) is 12.1 Å². The molecule has 0 aliphatic carbocycles. The Bertz CT molecular complexity index is 934. The minimum absolute atomic E-state index is 0.0526. The number of nitriles is 2. The highest BCUT2D eigenvalue weighted by Gasteiger charge is 2.19. The number of halogens is 2. The number of rotatable bonds is 2. The maximum absolute atomic E-state index is 9.24. The molecule has 3 rings (SSSR count). The monoisotopic (exact) mass is 350 g/mol. The predicted molar refractivity (Wildman–Crippen MR) is 92.4 cm³/mol. The third kappa shape index (κ3) is 2.81. The topological polar surface area (TPSA) is 73.4 Å². The standard InChI is InChI=1S/C18H8Cl2N4/c19-13-7-3-1-5-11(13)17-18(12-6-2-4-8-14(12)20)24-16(10-22)15(9-21)23-17/h1-8H. The molecule has 24 heavy (non-hydrogen) atoms. The third-order valence-electron chi connectivity index (χ3n) is 3.37. The van der Waals surface area contributed by atoms with Crippen molar-refractivity contribution >= 4 is 23.2 Å². The molecule has 0 radical (unpaired) electrons. The Kier molecular flexibility index (Phi) is 4.44. The quantitative estimate of drug-likeness (QED) is 0.661. The van der Waals surface area contributed by atoms with E-state index in [0.717, 1.165) is 0 Å². The zero-order valence-electron chi connectivity index (χ0n) is 12.2. The first-order valence-corrected chi connectivity index (χ1v) is 7.63. The normalized spacial score (nSPS) is 10.0. The van der Waals surface area contributed by atoms with Crippen LogP contribution in [0.4, 0.5) is 0 Å². The highest BCUT2D eigenvalue weighted by atomic mass is 35.5. The molecule has 0 aliphatic heterocycles. The van der Waals surface area contributed by atoms with Crippen LogP contribution in [-0.4, -0.2) is 9.97 Å². The lowest BCUT2D eigenvalue weighted by Crippen LogP contribution is -2.01. The Morgan fingerprint density at radius 3 is 1.38 bits per heavy atom. The molecule has 4 nitrogen and oxygen atoms in total. The van der Waals surface area contributed by atoms with Gasteiger partial charge >= 0.3 is 0 Å². The second-order valence-electron chi connectivity index (χ2n) is 4.80. The Morgan fingerprint density at radius 2 is 1.04 bits per heavy atom. The second kappa shape index (κ2) is 6.68. The molecule has 114 valence electrons. The van der Waals surface area contributed by atoms with E-state index in [2.05, 4.69) is 9.97 Å². The summed E-state index contributed by atoms with van der Waals surface area (Å²) in [5.41, 5.74) is 1.94. The van der Waals surface area contributed by atoms with Crippen LogP contribution in [0.3, 0.4) is 0 Å². The van der Waals surface area contributed by atoms with Gasteiger partial charge in [0.15, 0.2) is 11.4 Å². The van der Waals surface area contributed by atoms with Gasteiger partial charge in [-0.25, -0.2) is 9.97 Å². The van der Waals surface area contributed by atoms with Gasteiger partial charge in [-0.2, -0.15) is 10.5 Å². The van der Waals surface area contributed by atoms with Gasteiger partial charge in [0, 0.05) is 11.1 Å². The van der Waals surface area contributed by atoms with Gasteiger partial charge in [0.05, 0.1) is 21.4 Å². The summed E-state index contributed by atoms with van der Waals surface area (Å²) < 4.78 is 0. The van der Waals surface area contributed by atoms with Crippen LogP contribution in [0, 0.1) is 22.7 Å². The first-order chi connectivity index (χ1) is 11.7. The average molecular weight is 351 g/mol. The highest BCUT2D eigenvalue weighted by Crippen LogP contribution is 2.36. The molecule has 0 N–H and O–H groups in total. The third-order valence-corrected chi connectivity index (χ3v) is 4.02. The minimum Gasteiger partial charge on any atom is -0.232 e. The van der Waals surface area contributed by atoms with Crippen molar-refractivity contribution in [2.75, 3.05) is 0 Å². The molecule has 0 amide bonds. The van der Waals surface area contributed by atoms with Crippen LogP contribution in [0.2, 0.25) is 10.0 Å². The molecule has 1 aromatic heterocycles. The average Bonchev–Trinajstić information content (AvgIpc) is 2.61. The number of hydrogen-bond donors (Lipinski definition) is 0. The molecule has 1 heterocycles. The van der Waals surface area contributed by atoms with Crippen LogP contribution in [0.25, 0.3) is 22.5 Å². The van der Waals surface area contributed by atoms with Crippen molar-refractivity contribution in [1.29, 1.82) is 10.5 Å². The Balaban J connectivity index is 2.40. The van der Waals surface area contributed by atoms with Gasteiger partial charge in [0.2, 0.25) is 0 Å². The van der Waals surface area contributed by atoms with E-state index in [1.165, 1.54) is 0 Å². The molecular weight excluding hydrogens is 343 g/mol. The second-order valence-corrected chi connectivity index (χ2v) is 5.62. The van der Waals surface area contributed by atoms with Crippen molar-refractivity contribution in [2.45, 2.75) is 0 Å². The lowest BCUT2D eigenvalue weighted by Gasteiger charge is -2.12. The van der Waals surface area contributed by atoms with E-state index in [1.807, 2.05) is 24.3 Å². The fourth-order valence-corrected chi connectivity index (χ4v) is 2.72. The lowest BCUT2D eigenvalue weighted by atomic mass is 10.0. The van der Waals surface area contributed by atoms with Crippen LogP contribution in [0.5, 0.6) is 0 Å². The van der Waals surface area contributed by atoms with Crippen LogP contribution in [0.15, 0.2) is 48.5 Å². The van der Waals surface area contributed by atoms with Crippen molar-refractivity contribution in [2.24, 2.45) is 0 Å². The van der Waals surface area contributed by atoms with Crippen LogP contribution in [-0.2, 0) is 0 Å². The van der Waals surface area contributed by atoms with Gasteiger partial charge in [-0.15, -0.1) is 0 Å². The summed E-state index contributed by atoms with van der Waals surface area (Å²) in [5.74, 6) is 0. The molecule has 6 heteroatoms. The maximum Gasteiger partial charge on any atom is 0.177 e. The Hall–Kier alpha value is -2.92. The smallest absolute Gasteiger partial charge is 0.177 e. The molecule has 0 saturated heterocycles. The SMILES string of the molecule is N#Cc1nc(-c2ccccc2Cl)c(-c2ccccc2Cl)nc1C#N. The van der Waals surface area contributed by atoms with E-state index in [1.54, 1.807) is 36.4 Å². The molecule has 0 unspecified atom stereocenters. The van der Waals surface area contributed by atoms with Gasteiger partial charge in [0.25, 0.3) is 0 Å². The fraction of sp³-hybridized carbons (Fsp3) is 0. The molecular formula is C18H8Cl2N4. The summed E-state index contributed by atoms with van der Waals surface area (Å²) in [6.07, 6.45) is 0. The van der Waals surface area contributed by atoms with Gasteiger partial charge in [-0.3, -0.25) is 0 Å². The predicted octanol–water partition coefficient (Wildman–Crippen LogP) is 4.86. The van der Waals surface area contributed by atoms with E-state index in [4.69, 9.17) is 23.2 Å². The zero-order valence-corrected chi connectivity index (χ0v) is 13.7.